The summed E-state index contributed by atoms with van der Waals surface area (Å²) in [6, 6.07) is 13.8. The maximum absolute atomic E-state index is 13.3. The number of nitrogens with zero attached hydrogens (tertiary/aromatic N) is 1. The predicted molar refractivity (Wildman–Crippen MR) is 122 cm³/mol. The van der Waals surface area contributed by atoms with Crippen molar-refractivity contribution in [3.63, 3.8) is 0 Å². The molecule has 0 bridgehead atoms. The molecule has 2 aromatic rings. The maximum atomic E-state index is 13.3. The van der Waals surface area contributed by atoms with Gasteiger partial charge >= 0.3 is 0 Å². The van der Waals surface area contributed by atoms with Gasteiger partial charge in [-0.05, 0) is 44.4 Å². The van der Waals surface area contributed by atoms with Crippen LogP contribution in [0.3, 0.4) is 0 Å². The lowest BCUT2D eigenvalue weighted by Crippen LogP contribution is -2.34. The van der Waals surface area contributed by atoms with Gasteiger partial charge in [0.25, 0.3) is 5.91 Å². The third-order valence-electron chi connectivity index (χ3n) is 4.73. The lowest BCUT2D eigenvalue weighted by Gasteiger charge is -2.23. The van der Waals surface area contributed by atoms with E-state index in [1.807, 2.05) is 30.0 Å². The number of aliphatic hydroxyl groups excluding tert-OH is 1. The second-order valence-electron chi connectivity index (χ2n) is 6.82. The molecule has 0 aliphatic rings. The Hall–Kier alpha value is -2.31. The first kappa shape index (κ1) is 23.0. The molecule has 0 aromatic heterocycles. The van der Waals surface area contributed by atoms with Gasteiger partial charge in [0.1, 0.15) is 11.5 Å². The van der Waals surface area contributed by atoms with Crippen molar-refractivity contribution in [1.82, 2.24) is 4.90 Å². The fourth-order valence-electron chi connectivity index (χ4n) is 3.16. The first-order valence-corrected chi connectivity index (χ1v) is 10.8. The minimum atomic E-state index is -0.0551. The molecule has 0 saturated heterocycles. The first-order chi connectivity index (χ1) is 14.0. The fourth-order valence-corrected chi connectivity index (χ4v) is 3.82. The molecular weight excluding hydrogens is 386 g/mol. The average Bonchev–Trinajstić information content (AvgIpc) is 2.73. The van der Waals surface area contributed by atoms with Crippen LogP contribution in [0, 0.1) is 6.92 Å². The molecule has 0 spiro atoms. The highest BCUT2D eigenvalue weighted by atomic mass is 32.1. The number of hydrogen-bond acceptors (Lipinski definition) is 3. The lowest BCUT2D eigenvalue weighted by molar-refractivity contribution is 0.0763. The van der Waals surface area contributed by atoms with Crippen molar-refractivity contribution >= 4 is 22.3 Å². The van der Waals surface area contributed by atoms with Gasteiger partial charge in [-0.2, -0.15) is 11.4 Å². The Balaban J connectivity index is 2.17. The number of rotatable bonds is 10. The van der Waals surface area contributed by atoms with Crippen molar-refractivity contribution in [1.29, 1.82) is 0 Å². The molecule has 158 valence electrons. The minimum Gasteiger partial charge on any atom is -0.496 e. The molecule has 0 heterocycles. The molecule has 5 nitrogen and oxygen atoms in total. The first-order valence-electron chi connectivity index (χ1n) is 9.72. The van der Waals surface area contributed by atoms with Crippen LogP contribution in [0.15, 0.2) is 42.5 Å². The van der Waals surface area contributed by atoms with Crippen molar-refractivity contribution in [2.45, 2.75) is 26.7 Å². The van der Waals surface area contributed by atoms with Gasteiger partial charge in [-0.25, -0.2) is 0 Å². The molecular formula is C23H31NO4S. The number of benzene rings is 2. The van der Waals surface area contributed by atoms with Crippen LogP contribution < -0.4 is 9.47 Å². The van der Waals surface area contributed by atoms with E-state index in [4.69, 9.17) is 9.47 Å². The Morgan fingerprint density at radius 2 is 1.69 bits per heavy atom. The van der Waals surface area contributed by atoms with E-state index in [0.717, 1.165) is 29.8 Å². The summed E-state index contributed by atoms with van der Waals surface area (Å²) in [6.07, 6.45) is 1.78. The van der Waals surface area contributed by atoms with Gasteiger partial charge in [-0.1, -0.05) is 30.3 Å². The zero-order chi connectivity index (χ0) is 21.2. The van der Waals surface area contributed by atoms with Crippen LogP contribution in [-0.2, 0) is 6.42 Å². The van der Waals surface area contributed by atoms with E-state index < -0.39 is 0 Å². The smallest absolute Gasteiger partial charge is 0.254 e. The van der Waals surface area contributed by atoms with Crippen LogP contribution in [0.2, 0.25) is 0 Å². The zero-order valence-corrected chi connectivity index (χ0v) is 18.5. The third-order valence-corrected chi connectivity index (χ3v) is 5.61. The highest BCUT2D eigenvalue weighted by Crippen LogP contribution is 2.30. The molecule has 0 atom stereocenters. The Morgan fingerprint density at radius 3 is 2.24 bits per heavy atom. The second-order valence-corrected chi connectivity index (χ2v) is 8.23. The maximum Gasteiger partial charge on any atom is 0.254 e. The fraction of sp³-hybridized carbons (Fsp3) is 0.391. The molecule has 1 N–H and O–H groups in total. The number of aliphatic hydroxyl groups is 1. The van der Waals surface area contributed by atoms with E-state index in [-0.39, 0.29) is 5.91 Å². The van der Waals surface area contributed by atoms with E-state index in [9.17, 15) is 9.90 Å². The van der Waals surface area contributed by atoms with Gasteiger partial charge in [-0.3, -0.25) is 4.79 Å². The molecule has 0 saturated carbocycles. The largest absolute Gasteiger partial charge is 0.496 e. The van der Waals surface area contributed by atoms with Gasteiger partial charge in [-0.15, -0.1) is 0 Å². The van der Waals surface area contributed by atoms with E-state index in [2.05, 4.69) is 12.1 Å². The number of methoxy groups -OCH3 is 2. The number of amides is 1. The predicted octanol–water partition coefficient (Wildman–Crippen LogP) is 4.26. The standard InChI is InChI=1S/C23H31NO4S/c1-17-21(27-3)15-20(16-22(17)28-4)23(26)24(13-14-29-18(2)25)12-8-11-19-9-6-5-7-10-19/h5-7,9-10,15-16,25,29H,8,11-14H2,1-4H3. The Labute approximate surface area is 177 Å². The minimum absolute atomic E-state index is 0.0551. The van der Waals surface area contributed by atoms with Gasteiger partial charge in [0.15, 0.2) is 0 Å². The number of aryl methyl sites for hydroxylation is 1. The van der Waals surface area contributed by atoms with Crippen molar-refractivity contribution in [2.75, 3.05) is 33.1 Å². The molecule has 0 unspecified atom stereocenters. The lowest BCUT2D eigenvalue weighted by atomic mass is 10.1. The zero-order valence-electron chi connectivity index (χ0n) is 17.6. The monoisotopic (exact) mass is 417 g/mol. The summed E-state index contributed by atoms with van der Waals surface area (Å²) in [6.45, 7) is 4.80. The summed E-state index contributed by atoms with van der Waals surface area (Å²) in [5, 5.41) is 9.84. The highest BCUT2D eigenvalue weighted by molar-refractivity contribution is 7.98. The van der Waals surface area contributed by atoms with Gasteiger partial charge in [0.05, 0.1) is 19.3 Å². The van der Waals surface area contributed by atoms with E-state index in [0.29, 0.717) is 41.0 Å². The Morgan fingerprint density at radius 1 is 1.07 bits per heavy atom. The SMILES string of the molecule is COc1cc(C(=O)N(CCCc2ccccc2)CC[SH]=C(C)O)cc(OC)c1C. The molecule has 1 amide bonds. The van der Waals surface area contributed by atoms with Crippen LogP contribution in [0.4, 0.5) is 0 Å². The number of hydrogen-bond donors (Lipinski definition) is 2. The van der Waals surface area contributed by atoms with Crippen molar-refractivity contribution < 1.29 is 19.4 Å². The van der Waals surface area contributed by atoms with Crippen LogP contribution in [0.5, 0.6) is 11.5 Å². The van der Waals surface area contributed by atoms with E-state index in [1.54, 1.807) is 33.3 Å². The van der Waals surface area contributed by atoms with Crippen LogP contribution >= 0.6 is 11.4 Å². The summed E-state index contributed by atoms with van der Waals surface area (Å²) in [5.41, 5.74) is 2.67. The molecule has 2 aromatic carbocycles. The number of carbonyl (C=O) groups excluding carboxylic acids is 1. The molecule has 0 fully saturated rings. The van der Waals surface area contributed by atoms with Gasteiger partial charge in [0.2, 0.25) is 0 Å². The highest BCUT2D eigenvalue weighted by Gasteiger charge is 2.19. The molecule has 0 radical (unpaired) electrons. The van der Waals surface area contributed by atoms with E-state index >= 15 is 0 Å². The van der Waals surface area contributed by atoms with Crippen LogP contribution in [0.1, 0.15) is 34.8 Å². The number of ether oxygens (including phenoxy) is 2. The summed E-state index contributed by atoms with van der Waals surface area (Å²) < 4.78 is 10.8. The second kappa shape index (κ2) is 11.6. The topological polar surface area (TPSA) is 59.0 Å². The summed E-state index contributed by atoms with van der Waals surface area (Å²) in [4.78, 5) is 15.1. The van der Waals surface area contributed by atoms with Gasteiger partial charge in [0, 0.05) is 30.0 Å². The van der Waals surface area contributed by atoms with Crippen LogP contribution in [0.25, 0.3) is 0 Å². The molecule has 2 rings (SSSR count). The summed E-state index contributed by atoms with van der Waals surface area (Å²) >= 11 is 0.840. The molecule has 0 aliphatic carbocycles. The molecule has 0 aliphatic heterocycles. The van der Waals surface area contributed by atoms with E-state index in [1.165, 1.54) is 5.56 Å². The summed E-state index contributed by atoms with van der Waals surface area (Å²) in [5.74, 6) is 1.91. The molecule has 6 heteroatoms. The van der Waals surface area contributed by atoms with Crippen molar-refractivity contribution in [3.8, 4) is 11.5 Å². The summed E-state index contributed by atoms with van der Waals surface area (Å²) in [7, 11) is 3.18. The average molecular weight is 418 g/mol. The van der Waals surface area contributed by atoms with Crippen molar-refractivity contribution in [3.05, 3.63) is 59.2 Å². The van der Waals surface area contributed by atoms with Crippen molar-refractivity contribution in [2.24, 2.45) is 0 Å². The Kier molecular flexibility index (Phi) is 9.22. The molecule has 29 heavy (non-hydrogen) atoms. The normalized spacial score (nSPS) is 11.6. The van der Waals surface area contributed by atoms with Crippen LogP contribution in [-0.4, -0.2) is 54.0 Å². The number of carbonyl (C=O) groups is 1. The number of thiol groups is 1. The Bertz CT molecular complexity index is 807. The third kappa shape index (κ3) is 6.91. The van der Waals surface area contributed by atoms with Gasteiger partial charge < -0.3 is 19.5 Å². The quantitative estimate of drug-likeness (QED) is 0.448.